The number of urea groups is 1. The molecule has 0 radical (unpaired) electrons. The Kier molecular flexibility index (Phi) is 1.80. The van der Waals surface area contributed by atoms with Crippen LogP contribution in [0.1, 0.15) is 13.8 Å². The molecule has 0 aromatic heterocycles. The van der Waals surface area contributed by atoms with Gasteiger partial charge in [0, 0.05) is 19.0 Å². The van der Waals surface area contributed by atoms with Crippen LogP contribution in [0, 0.1) is 5.41 Å². The quantitative estimate of drug-likeness (QED) is 0.521. The molecule has 11 heavy (non-hydrogen) atoms. The van der Waals surface area contributed by atoms with Gasteiger partial charge in [0.15, 0.2) is 0 Å². The van der Waals surface area contributed by atoms with Crippen molar-refractivity contribution >= 4 is 6.03 Å². The van der Waals surface area contributed by atoms with E-state index in [1.54, 1.807) is 7.05 Å². The molecule has 0 aliphatic carbocycles. The fourth-order valence-corrected chi connectivity index (χ4v) is 1.15. The van der Waals surface area contributed by atoms with Crippen molar-refractivity contribution in [3.8, 4) is 0 Å². The summed E-state index contributed by atoms with van der Waals surface area (Å²) in [6.45, 7) is 4.35. The molecule has 1 heterocycles. The van der Waals surface area contributed by atoms with E-state index in [2.05, 4.69) is 5.32 Å². The number of amides is 2. The topological polar surface area (TPSA) is 52.6 Å². The van der Waals surface area contributed by atoms with Crippen LogP contribution in [0.3, 0.4) is 0 Å². The molecule has 4 nitrogen and oxygen atoms in total. The molecule has 1 aliphatic rings. The lowest BCUT2D eigenvalue weighted by molar-refractivity contribution is -0.0574. The molecule has 1 aliphatic heterocycles. The lowest BCUT2D eigenvalue weighted by atomic mass is 9.89. The minimum Gasteiger partial charge on any atom is -0.373 e. The smallest absolute Gasteiger partial charge is 0.319 e. The summed E-state index contributed by atoms with van der Waals surface area (Å²) in [6.07, 6.45) is -0.684. The SMILES string of the molecule is CN1C(=O)NCC(C)(C)C1O. The molecule has 0 saturated carbocycles. The summed E-state index contributed by atoms with van der Waals surface area (Å²) in [5.41, 5.74) is -0.261. The first-order chi connectivity index (χ1) is 4.95. The fourth-order valence-electron chi connectivity index (χ4n) is 1.15. The average Bonchev–Trinajstić information content (AvgIpc) is 1.95. The van der Waals surface area contributed by atoms with Crippen molar-refractivity contribution < 1.29 is 9.90 Å². The van der Waals surface area contributed by atoms with Gasteiger partial charge in [0.25, 0.3) is 0 Å². The third-order valence-electron chi connectivity index (χ3n) is 2.08. The van der Waals surface area contributed by atoms with Crippen molar-refractivity contribution in [3.63, 3.8) is 0 Å². The van der Waals surface area contributed by atoms with Crippen LogP contribution >= 0.6 is 0 Å². The van der Waals surface area contributed by atoms with Gasteiger partial charge in [0.1, 0.15) is 6.23 Å². The molecule has 1 unspecified atom stereocenters. The van der Waals surface area contributed by atoms with Gasteiger partial charge in [-0.3, -0.25) is 0 Å². The van der Waals surface area contributed by atoms with E-state index in [0.717, 1.165) is 0 Å². The molecular weight excluding hydrogens is 144 g/mol. The lowest BCUT2D eigenvalue weighted by Crippen LogP contribution is -2.59. The Hall–Kier alpha value is -0.770. The third-order valence-corrected chi connectivity index (χ3v) is 2.08. The summed E-state index contributed by atoms with van der Waals surface area (Å²) < 4.78 is 0. The molecule has 2 amide bonds. The van der Waals surface area contributed by atoms with E-state index in [1.165, 1.54) is 4.90 Å². The first kappa shape index (κ1) is 8.33. The highest BCUT2D eigenvalue weighted by molar-refractivity contribution is 5.75. The number of carbonyl (C=O) groups is 1. The number of rotatable bonds is 0. The van der Waals surface area contributed by atoms with Crippen LogP contribution in [0.2, 0.25) is 0 Å². The highest BCUT2D eigenvalue weighted by Gasteiger charge is 2.37. The Morgan fingerprint density at radius 1 is 1.73 bits per heavy atom. The molecule has 2 N–H and O–H groups in total. The third kappa shape index (κ3) is 1.30. The Balaban J connectivity index is 2.75. The van der Waals surface area contributed by atoms with E-state index in [4.69, 9.17) is 0 Å². The Morgan fingerprint density at radius 2 is 2.27 bits per heavy atom. The van der Waals surface area contributed by atoms with E-state index < -0.39 is 6.23 Å². The maximum Gasteiger partial charge on any atom is 0.319 e. The highest BCUT2D eigenvalue weighted by atomic mass is 16.3. The molecule has 4 heteroatoms. The van der Waals surface area contributed by atoms with Crippen LogP contribution in [-0.2, 0) is 0 Å². The van der Waals surface area contributed by atoms with Gasteiger partial charge < -0.3 is 15.3 Å². The molecule has 1 atom stereocenters. The van der Waals surface area contributed by atoms with Crippen LogP contribution in [0.25, 0.3) is 0 Å². The summed E-state index contributed by atoms with van der Waals surface area (Å²) in [5.74, 6) is 0. The van der Waals surface area contributed by atoms with Gasteiger partial charge in [-0.25, -0.2) is 4.79 Å². The molecule has 0 spiro atoms. The molecule has 1 saturated heterocycles. The average molecular weight is 158 g/mol. The van der Waals surface area contributed by atoms with Gasteiger partial charge >= 0.3 is 6.03 Å². The minimum absolute atomic E-state index is 0.211. The van der Waals surface area contributed by atoms with E-state index in [9.17, 15) is 9.90 Å². The largest absolute Gasteiger partial charge is 0.373 e. The van der Waals surface area contributed by atoms with Gasteiger partial charge in [0.05, 0.1) is 0 Å². The monoisotopic (exact) mass is 158 g/mol. The summed E-state index contributed by atoms with van der Waals surface area (Å²) >= 11 is 0. The van der Waals surface area contributed by atoms with E-state index in [-0.39, 0.29) is 11.4 Å². The number of hydrogen-bond donors (Lipinski definition) is 2. The summed E-state index contributed by atoms with van der Waals surface area (Å²) in [7, 11) is 1.58. The van der Waals surface area contributed by atoms with E-state index >= 15 is 0 Å². The normalized spacial score (nSPS) is 30.0. The molecule has 0 aromatic carbocycles. The van der Waals surface area contributed by atoms with Gasteiger partial charge in [-0.15, -0.1) is 0 Å². The zero-order chi connectivity index (χ0) is 8.65. The van der Waals surface area contributed by atoms with Crippen molar-refractivity contribution in [3.05, 3.63) is 0 Å². The van der Waals surface area contributed by atoms with Crippen molar-refractivity contribution in [2.75, 3.05) is 13.6 Å². The predicted octanol–water partition coefficient (Wildman–Crippen LogP) is -0.0140. The second kappa shape index (κ2) is 2.37. The molecule has 0 aromatic rings. The van der Waals surface area contributed by atoms with Crippen LogP contribution in [0.5, 0.6) is 0 Å². The second-order valence-electron chi connectivity index (χ2n) is 3.63. The van der Waals surface area contributed by atoms with Crippen LogP contribution < -0.4 is 5.32 Å². The summed E-state index contributed by atoms with van der Waals surface area (Å²) in [4.78, 5) is 12.3. The van der Waals surface area contributed by atoms with Crippen molar-refractivity contribution in [2.24, 2.45) is 5.41 Å². The number of carbonyl (C=O) groups excluding carboxylic acids is 1. The number of aliphatic hydroxyl groups is 1. The first-order valence-corrected chi connectivity index (χ1v) is 3.64. The lowest BCUT2D eigenvalue weighted by Gasteiger charge is -2.41. The van der Waals surface area contributed by atoms with Crippen molar-refractivity contribution in [1.29, 1.82) is 0 Å². The minimum atomic E-state index is -0.684. The van der Waals surface area contributed by atoms with Crippen LogP contribution in [-0.4, -0.2) is 35.9 Å². The molecule has 1 rings (SSSR count). The number of nitrogens with zero attached hydrogens (tertiary/aromatic N) is 1. The maximum atomic E-state index is 10.9. The van der Waals surface area contributed by atoms with Crippen molar-refractivity contribution in [2.45, 2.75) is 20.1 Å². The first-order valence-electron chi connectivity index (χ1n) is 3.64. The Labute approximate surface area is 66.2 Å². The van der Waals surface area contributed by atoms with Gasteiger partial charge in [0.2, 0.25) is 0 Å². The van der Waals surface area contributed by atoms with Crippen LogP contribution in [0.15, 0.2) is 0 Å². The predicted molar refractivity (Wildman–Crippen MR) is 40.9 cm³/mol. The molecule has 64 valence electrons. The second-order valence-corrected chi connectivity index (χ2v) is 3.63. The number of nitrogens with one attached hydrogen (secondary N) is 1. The summed E-state index contributed by atoms with van der Waals surface area (Å²) in [6, 6.07) is -0.211. The number of aliphatic hydroxyl groups excluding tert-OH is 1. The Morgan fingerprint density at radius 3 is 2.73 bits per heavy atom. The molecular formula is C7H14N2O2. The van der Waals surface area contributed by atoms with E-state index in [1.807, 2.05) is 13.8 Å². The van der Waals surface area contributed by atoms with Gasteiger partial charge in [-0.2, -0.15) is 0 Å². The van der Waals surface area contributed by atoms with E-state index in [0.29, 0.717) is 6.54 Å². The standard InChI is InChI=1S/C7H14N2O2/c1-7(2)4-8-6(11)9(3)5(7)10/h5,10H,4H2,1-3H3,(H,8,11). The maximum absolute atomic E-state index is 10.9. The fraction of sp³-hybridized carbons (Fsp3) is 0.857. The van der Waals surface area contributed by atoms with Gasteiger partial charge in [-0.1, -0.05) is 13.8 Å². The zero-order valence-corrected chi connectivity index (χ0v) is 7.09. The molecule has 1 fully saturated rings. The Bertz CT molecular complexity index is 179. The van der Waals surface area contributed by atoms with Crippen molar-refractivity contribution in [1.82, 2.24) is 10.2 Å². The highest BCUT2D eigenvalue weighted by Crippen LogP contribution is 2.24. The summed E-state index contributed by atoms with van der Waals surface area (Å²) in [5, 5.41) is 12.2. The number of hydrogen-bond acceptors (Lipinski definition) is 2. The zero-order valence-electron chi connectivity index (χ0n) is 7.09. The van der Waals surface area contributed by atoms with Gasteiger partial charge in [-0.05, 0) is 0 Å². The van der Waals surface area contributed by atoms with Crippen LogP contribution in [0.4, 0.5) is 4.79 Å². The molecule has 0 bridgehead atoms.